The maximum Gasteiger partial charge on any atom is 0.0132 e. The van der Waals surface area contributed by atoms with E-state index in [4.69, 9.17) is 0 Å². The number of hydrogen-bond acceptors (Lipinski definition) is 2. The first-order chi connectivity index (χ1) is 9.33. The fourth-order valence-corrected chi connectivity index (χ4v) is 1.56. The average molecular weight is 268 g/mol. The van der Waals surface area contributed by atoms with Gasteiger partial charge in [0.2, 0.25) is 0 Å². The van der Waals surface area contributed by atoms with Gasteiger partial charge in [0.25, 0.3) is 0 Å². The summed E-state index contributed by atoms with van der Waals surface area (Å²) in [4.78, 5) is 0. The molecule has 0 atom stereocenters. The molecule has 0 aliphatic carbocycles. The van der Waals surface area contributed by atoms with Gasteiger partial charge in [0.05, 0.1) is 0 Å². The lowest BCUT2D eigenvalue weighted by Crippen LogP contribution is -2.14. The Labute approximate surface area is 121 Å². The van der Waals surface area contributed by atoms with E-state index in [1.807, 2.05) is 12.2 Å². The normalized spacial score (nSPS) is 9.58. The maximum atomic E-state index is 3.65. The van der Waals surface area contributed by atoms with E-state index in [9.17, 15) is 0 Å². The molecule has 0 bridgehead atoms. The van der Waals surface area contributed by atoms with Crippen molar-refractivity contribution in [3.8, 4) is 0 Å². The lowest BCUT2D eigenvalue weighted by molar-refractivity contribution is 0.600. The Morgan fingerprint density at radius 3 is 1.63 bits per heavy atom. The first-order valence-corrected chi connectivity index (χ1v) is 7.96. The molecule has 0 radical (unpaired) electrons. The third-order valence-electron chi connectivity index (χ3n) is 2.74. The van der Waals surface area contributed by atoms with E-state index in [0.29, 0.717) is 0 Å². The van der Waals surface area contributed by atoms with Crippen LogP contribution in [0.5, 0.6) is 0 Å². The first-order valence-electron chi connectivity index (χ1n) is 7.96. The molecule has 2 N–H and O–H groups in total. The smallest absolute Gasteiger partial charge is 0.0132 e. The second kappa shape index (κ2) is 22.6. The number of nitrogens with one attached hydrogen (secondary N) is 2. The van der Waals surface area contributed by atoms with Gasteiger partial charge < -0.3 is 10.6 Å². The zero-order chi connectivity index (χ0) is 14.6. The molecule has 0 aromatic carbocycles. The van der Waals surface area contributed by atoms with Crippen LogP contribution in [-0.2, 0) is 0 Å². The summed E-state index contributed by atoms with van der Waals surface area (Å²) in [6.07, 6.45) is 13.1. The van der Waals surface area contributed by atoms with Crippen molar-refractivity contribution in [3.63, 3.8) is 0 Å². The predicted molar refractivity (Wildman–Crippen MR) is 89.8 cm³/mol. The van der Waals surface area contributed by atoms with Crippen molar-refractivity contribution in [2.45, 2.75) is 58.8 Å². The minimum atomic E-state index is 0.944. The van der Waals surface area contributed by atoms with E-state index in [1.165, 1.54) is 44.9 Å². The van der Waals surface area contributed by atoms with Crippen LogP contribution in [0.4, 0.5) is 0 Å². The molecule has 2 heteroatoms. The van der Waals surface area contributed by atoms with Crippen molar-refractivity contribution in [2.75, 3.05) is 26.2 Å². The van der Waals surface area contributed by atoms with Gasteiger partial charge >= 0.3 is 0 Å². The Balaban J connectivity index is 0. The third kappa shape index (κ3) is 26.8. The zero-order valence-corrected chi connectivity index (χ0v) is 13.3. The Bertz CT molecular complexity index is 167. The van der Waals surface area contributed by atoms with Crippen LogP contribution in [0, 0.1) is 0 Å². The minimum absolute atomic E-state index is 0.944. The summed E-state index contributed by atoms with van der Waals surface area (Å²) in [5.41, 5.74) is 0. The molecular formula is C17H36N2. The molecule has 0 amide bonds. The Kier molecular flexibility index (Phi) is 24.6. The van der Waals surface area contributed by atoms with Crippen LogP contribution in [0.15, 0.2) is 25.3 Å². The van der Waals surface area contributed by atoms with E-state index in [0.717, 1.165) is 26.2 Å². The van der Waals surface area contributed by atoms with Gasteiger partial charge in [-0.3, -0.25) is 0 Å². The highest BCUT2D eigenvalue weighted by Crippen LogP contribution is 2.00. The molecule has 0 fully saturated rings. The molecule has 114 valence electrons. The Morgan fingerprint density at radius 2 is 1.16 bits per heavy atom. The SMILES string of the molecule is C=CCNCCCC.C=CCNCCCCCCC. The van der Waals surface area contributed by atoms with Crippen molar-refractivity contribution in [2.24, 2.45) is 0 Å². The van der Waals surface area contributed by atoms with Gasteiger partial charge in [0.1, 0.15) is 0 Å². The van der Waals surface area contributed by atoms with E-state index in [1.54, 1.807) is 0 Å². The van der Waals surface area contributed by atoms with E-state index >= 15 is 0 Å². The van der Waals surface area contributed by atoms with Gasteiger partial charge in [0.15, 0.2) is 0 Å². The largest absolute Gasteiger partial charge is 0.313 e. The van der Waals surface area contributed by atoms with Gasteiger partial charge in [-0.1, -0.05) is 58.1 Å². The standard InChI is InChI=1S/C10H21N.C7H15N/c1-3-5-6-7-8-10-11-9-4-2;1-3-5-7-8-6-4-2/h4,11H,2-3,5-10H2,1H3;4,8H,2-3,5-7H2,1H3. The molecule has 19 heavy (non-hydrogen) atoms. The van der Waals surface area contributed by atoms with E-state index < -0.39 is 0 Å². The molecule has 0 aromatic heterocycles. The van der Waals surface area contributed by atoms with Gasteiger partial charge in [-0.2, -0.15) is 0 Å². The molecule has 0 saturated carbocycles. The summed E-state index contributed by atoms with van der Waals surface area (Å²) < 4.78 is 0. The molecule has 0 saturated heterocycles. The van der Waals surface area contributed by atoms with Crippen LogP contribution in [0.25, 0.3) is 0 Å². The van der Waals surface area contributed by atoms with Crippen molar-refractivity contribution in [1.29, 1.82) is 0 Å². The fraction of sp³-hybridized carbons (Fsp3) is 0.765. The van der Waals surface area contributed by atoms with Gasteiger partial charge in [0, 0.05) is 13.1 Å². The molecule has 0 heterocycles. The second-order valence-corrected chi connectivity index (χ2v) is 4.75. The summed E-state index contributed by atoms with van der Waals surface area (Å²) in [5.74, 6) is 0. The summed E-state index contributed by atoms with van der Waals surface area (Å²) in [5, 5.41) is 6.51. The molecule has 0 aromatic rings. The van der Waals surface area contributed by atoms with Crippen molar-refractivity contribution in [1.82, 2.24) is 10.6 Å². The predicted octanol–water partition coefficient (Wildman–Crippen LogP) is 4.29. The highest BCUT2D eigenvalue weighted by atomic mass is 14.8. The van der Waals surface area contributed by atoms with E-state index in [-0.39, 0.29) is 0 Å². The van der Waals surface area contributed by atoms with Crippen LogP contribution in [0.1, 0.15) is 58.8 Å². The number of unbranched alkanes of at least 4 members (excludes halogenated alkanes) is 5. The summed E-state index contributed by atoms with van der Waals surface area (Å²) >= 11 is 0. The minimum Gasteiger partial charge on any atom is -0.313 e. The van der Waals surface area contributed by atoms with Crippen LogP contribution < -0.4 is 10.6 Å². The zero-order valence-electron chi connectivity index (χ0n) is 13.3. The number of rotatable bonds is 13. The highest BCUT2D eigenvalue weighted by Gasteiger charge is 1.87. The summed E-state index contributed by atoms with van der Waals surface area (Å²) in [6.45, 7) is 15.8. The fourth-order valence-electron chi connectivity index (χ4n) is 1.56. The van der Waals surface area contributed by atoms with Crippen LogP contribution in [0.3, 0.4) is 0 Å². The topological polar surface area (TPSA) is 24.1 Å². The van der Waals surface area contributed by atoms with Crippen molar-refractivity contribution < 1.29 is 0 Å². The van der Waals surface area contributed by atoms with Crippen LogP contribution >= 0.6 is 0 Å². The maximum absolute atomic E-state index is 3.65. The quantitative estimate of drug-likeness (QED) is 0.384. The van der Waals surface area contributed by atoms with Gasteiger partial charge in [-0.15, -0.1) is 13.2 Å². The molecule has 0 aliphatic heterocycles. The summed E-state index contributed by atoms with van der Waals surface area (Å²) in [6, 6.07) is 0. The molecule has 0 rings (SSSR count). The lowest BCUT2D eigenvalue weighted by Gasteiger charge is -2.00. The second-order valence-electron chi connectivity index (χ2n) is 4.75. The Morgan fingerprint density at radius 1 is 0.684 bits per heavy atom. The van der Waals surface area contributed by atoms with E-state index in [2.05, 4.69) is 37.6 Å². The third-order valence-corrected chi connectivity index (χ3v) is 2.74. The monoisotopic (exact) mass is 268 g/mol. The molecular weight excluding hydrogens is 232 g/mol. The molecule has 0 aliphatic rings. The molecule has 0 spiro atoms. The van der Waals surface area contributed by atoms with Gasteiger partial charge in [-0.25, -0.2) is 0 Å². The number of hydrogen-bond donors (Lipinski definition) is 2. The highest BCUT2D eigenvalue weighted by molar-refractivity contribution is 4.69. The van der Waals surface area contributed by atoms with Crippen molar-refractivity contribution in [3.05, 3.63) is 25.3 Å². The van der Waals surface area contributed by atoms with Gasteiger partial charge in [-0.05, 0) is 25.9 Å². The Hall–Kier alpha value is -0.600. The molecule has 2 nitrogen and oxygen atoms in total. The summed E-state index contributed by atoms with van der Waals surface area (Å²) in [7, 11) is 0. The first kappa shape index (κ1) is 20.7. The molecule has 0 unspecified atom stereocenters. The van der Waals surface area contributed by atoms with Crippen LogP contribution in [-0.4, -0.2) is 26.2 Å². The average Bonchev–Trinajstić information content (AvgIpc) is 2.44. The van der Waals surface area contributed by atoms with Crippen LogP contribution in [0.2, 0.25) is 0 Å². The van der Waals surface area contributed by atoms with Crippen molar-refractivity contribution >= 4 is 0 Å². The lowest BCUT2D eigenvalue weighted by atomic mass is 10.1.